The second-order valence-corrected chi connectivity index (χ2v) is 9.37. The number of fused-ring (bicyclic) bond motifs is 2. The molecule has 0 saturated carbocycles. The Hall–Kier alpha value is -3.78. The van der Waals surface area contributed by atoms with Crippen LogP contribution in [-0.2, 0) is 16.0 Å². The molecule has 2 aliphatic heterocycles. The number of benzene rings is 2. The van der Waals surface area contributed by atoms with E-state index in [4.69, 9.17) is 14.7 Å². The third-order valence-corrected chi connectivity index (χ3v) is 6.55. The number of aromatic nitrogens is 3. The average Bonchev–Trinajstić information content (AvgIpc) is 3.38. The second kappa shape index (κ2) is 7.63. The maximum Gasteiger partial charge on any atom is 0.228 e. The van der Waals surface area contributed by atoms with Gasteiger partial charge in [-0.05, 0) is 55.8 Å². The van der Waals surface area contributed by atoms with Crippen LogP contribution in [0.25, 0.3) is 28.2 Å². The molecule has 1 fully saturated rings. The van der Waals surface area contributed by atoms with Gasteiger partial charge in [0.25, 0.3) is 0 Å². The van der Waals surface area contributed by atoms with E-state index in [1.54, 1.807) is 18.3 Å². The molecule has 0 unspecified atom stereocenters. The molecule has 4 aromatic rings. The van der Waals surface area contributed by atoms with Gasteiger partial charge in [0.05, 0.1) is 36.6 Å². The van der Waals surface area contributed by atoms with Gasteiger partial charge in [0.2, 0.25) is 5.91 Å². The molecule has 172 valence electrons. The number of morpholine rings is 1. The molecule has 34 heavy (non-hydrogen) atoms. The van der Waals surface area contributed by atoms with Gasteiger partial charge in [-0.2, -0.15) is 0 Å². The number of hydrogen-bond acceptors (Lipinski definition) is 5. The monoisotopic (exact) mass is 457 g/mol. The van der Waals surface area contributed by atoms with Gasteiger partial charge in [0.15, 0.2) is 11.5 Å². The summed E-state index contributed by atoms with van der Waals surface area (Å²) in [7, 11) is 0. The van der Waals surface area contributed by atoms with Crippen LogP contribution in [0, 0.1) is 5.82 Å². The third-order valence-electron chi connectivity index (χ3n) is 6.55. The van der Waals surface area contributed by atoms with E-state index in [-0.39, 0.29) is 17.3 Å². The van der Waals surface area contributed by atoms with Crippen molar-refractivity contribution in [2.24, 2.45) is 0 Å². The quantitative estimate of drug-likeness (QED) is 0.496. The molecule has 4 heterocycles. The predicted molar refractivity (Wildman–Crippen MR) is 128 cm³/mol. The minimum absolute atomic E-state index is 0.00918. The van der Waals surface area contributed by atoms with Crippen LogP contribution in [0.1, 0.15) is 19.4 Å². The van der Waals surface area contributed by atoms with Gasteiger partial charge >= 0.3 is 0 Å². The highest BCUT2D eigenvalue weighted by Crippen LogP contribution is 2.38. The van der Waals surface area contributed by atoms with Crippen LogP contribution in [0.15, 0.2) is 54.9 Å². The highest BCUT2D eigenvalue weighted by Gasteiger charge is 2.34. The molecule has 1 amide bonds. The zero-order valence-electron chi connectivity index (χ0n) is 19.0. The summed E-state index contributed by atoms with van der Waals surface area (Å²) in [5.41, 5.74) is 5.61. The lowest BCUT2D eigenvalue weighted by atomic mass is 10.0. The molecule has 1 saturated heterocycles. The highest BCUT2D eigenvalue weighted by molar-refractivity contribution is 6.00. The Morgan fingerprint density at radius 2 is 1.91 bits per heavy atom. The Bertz CT molecular complexity index is 1430. The number of ether oxygens (including phenoxy) is 1. The number of nitrogens with zero attached hydrogens (tertiary/aromatic N) is 4. The van der Waals surface area contributed by atoms with Gasteiger partial charge in [0, 0.05) is 35.8 Å². The molecule has 2 aliphatic rings. The molecular formula is C26H24FN5O2. The lowest BCUT2D eigenvalue weighted by molar-refractivity contribution is -0.115. The first-order valence-electron chi connectivity index (χ1n) is 11.3. The number of carbonyl (C=O) groups excluding carboxylic acids is 1. The summed E-state index contributed by atoms with van der Waals surface area (Å²) in [6, 6.07) is 12.3. The summed E-state index contributed by atoms with van der Waals surface area (Å²) in [6.07, 6.45) is 4.03. The first kappa shape index (κ1) is 20.8. The molecule has 0 bridgehead atoms. The Morgan fingerprint density at radius 3 is 2.71 bits per heavy atom. The van der Waals surface area contributed by atoms with Gasteiger partial charge in [-0.1, -0.05) is 6.07 Å². The number of carbonyl (C=O) groups is 1. The molecule has 6 rings (SSSR count). The van der Waals surface area contributed by atoms with E-state index < -0.39 is 0 Å². The zero-order chi connectivity index (χ0) is 23.4. The van der Waals surface area contributed by atoms with Gasteiger partial charge in [-0.25, -0.2) is 14.4 Å². The molecule has 0 spiro atoms. The number of anilines is 2. The van der Waals surface area contributed by atoms with E-state index in [9.17, 15) is 9.18 Å². The van der Waals surface area contributed by atoms with Crippen LogP contribution in [0.3, 0.4) is 0 Å². The predicted octanol–water partition coefficient (Wildman–Crippen LogP) is 4.31. The molecule has 0 radical (unpaired) electrons. The number of nitrogens with one attached hydrogen (secondary N) is 1. The highest BCUT2D eigenvalue weighted by atomic mass is 19.1. The molecule has 1 N–H and O–H groups in total. The van der Waals surface area contributed by atoms with Crippen LogP contribution in [0.5, 0.6) is 0 Å². The molecule has 7 nitrogen and oxygen atoms in total. The minimum Gasteiger partial charge on any atom is -0.377 e. The van der Waals surface area contributed by atoms with Crippen molar-refractivity contribution in [2.75, 3.05) is 30.0 Å². The average molecular weight is 458 g/mol. The SMILES string of the molecule is CC1(C)COCCN1c1nccn2c(-c3ccc4c(c3)CC(=O)N4)c(-c3ccc(F)cc3)nc12. The van der Waals surface area contributed by atoms with Crippen molar-refractivity contribution in [1.82, 2.24) is 14.4 Å². The summed E-state index contributed by atoms with van der Waals surface area (Å²) in [6.45, 7) is 6.19. The normalized spacial score (nSPS) is 17.1. The molecular weight excluding hydrogens is 433 g/mol. The largest absolute Gasteiger partial charge is 0.377 e. The van der Waals surface area contributed by atoms with E-state index in [2.05, 4.69) is 24.1 Å². The third kappa shape index (κ3) is 3.33. The minimum atomic E-state index is -0.298. The Labute approximate surface area is 196 Å². The van der Waals surface area contributed by atoms with Crippen molar-refractivity contribution in [3.63, 3.8) is 0 Å². The standard InChI is InChI=1S/C26H24FN5O2/c1-26(2)15-34-12-11-32(26)24-25-30-22(16-3-6-19(27)7-4-16)23(31(25)10-9-28-24)17-5-8-20-18(13-17)14-21(33)29-20/h3-10,13H,11-12,14-15H2,1-2H3,(H,29,33). The lowest BCUT2D eigenvalue weighted by Gasteiger charge is -2.42. The Kier molecular flexibility index (Phi) is 4.67. The van der Waals surface area contributed by atoms with E-state index in [0.29, 0.717) is 26.2 Å². The first-order chi connectivity index (χ1) is 16.4. The molecule has 0 aliphatic carbocycles. The van der Waals surface area contributed by atoms with Crippen LogP contribution in [0.4, 0.5) is 15.9 Å². The van der Waals surface area contributed by atoms with Gasteiger partial charge < -0.3 is 15.0 Å². The zero-order valence-corrected chi connectivity index (χ0v) is 19.0. The van der Waals surface area contributed by atoms with Crippen molar-refractivity contribution in [3.05, 3.63) is 66.2 Å². The number of imidazole rings is 1. The summed E-state index contributed by atoms with van der Waals surface area (Å²) in [4.78, 5) is 23.9. The topological polar surface area (TPSA) is 71.8 Å². The van der Waals surface area contributed by atoms with Crippen LogP contribution in [-0.4, -0.2) is 45.6 Å². The van der Waals surface area contributed by atoms with E-state index in [1.165, 1.54) is 12.1 Å². The van der Waals surface area contributed by atoms with Crippen molar-refractivity contribution in [3.8, 4) is 22.5 Å². The van der Waals surface area contributed by atoms with Crippen molar-refractivity contribution < 1.29 is 13.9 Å². The Morgan fingerprint density at radius 1 is 1.12 bits per heavy atom. The summed E-state index contributed by atoms with van der Waals surface area (Å²) >= 11 is 0. The van der Waals surface area contributed by atoms with Crippen molar-refractivity contribution in [2.45, 2.75) is 25.8 Å². The van der Waals surface area contributed by atoms with E-state index in [1.807, 2.05) is 28.8 Å². The maximum atomic E-state index is 13.7. The number of amides is 1. The van der Waals surface area contributed by atoms with Gasteiger partial charge in [-0.3, -0.25) is 9.20 Å². The number of rotatable bonds is 3. The smallest absolute Gasteiger partial charge is 0.228 e. The summed E-state index contributed by atoms with van der Waals surface area (Å²) in [5, 5.41) is 2.89. The van der Waals surface area contributed by atoms with Gasteiger partial charge in [0.1, 0.15) is 5.82 Å². The van der Waals surface area contributed by atoms with Crippen LogP contribution in [0.2, 0.25) is 0 Å². The van der Waals surface area contributed by atoms with Crippen LogP contribution < -0.4 is 10.2 Å². The number of hydrogen-bond donors (Lipinski definition) is 1. The molecule has 0 atom stereocenters. The van der Waals surface area contributed by atoms with Crippen molar-refractivity contribution in [1.29, 1.82) is 0 Å². The van der Waals surface area contributed by atoms with Crippen molar-refractivity contribution >= 4 is 23.1 Å². The summed E-state index contributed by atoms with van der Waals surface area (Å²) in [5.74, 6) is 0.474. The van der Waals surface area contributed by atoms with Crippen LogP contribution >= 0.6 is 0 Å². The maximum absolute atomic E-state index is 13.7. The fourth-order valence-electron chi connectivity index (χ4n) is 4.87. The first-order valence-corrected chi connectivity index (χ1v) is 11.3. The lowest BCUT2D eigenvalue weighted by Crippen LogP contribution is -2.53. The Balaban J connectivity index is 1.60. The number of halogens is 1. The fourth-order valence-corrected chi connectivity index (χ4v) is 4.87. The fraction of sp³-hybridized carbons (Fsp3) is 0.269. The van der Waals surface area contributed by atoms with E-state index in [0.717, 1.165) is 45.2 Å². The molecule has 8 heteroatoms. The molecule has 2 aromatic heterocycles. The van der Waals surface area contributed by atoms with Gasteiger partial charge in [-0.15, -0.1) is 0 Å². The second-order valence-electron chi connectivity index (χ2n) is 9.37. The van der Waals surface area contributed by atoms with E-state index >= 15 is 0 Å². The molecule has 2 aromatic carbocycles. The summed E-state index contributed by atoms with van der Waals surface area (Å²) < 4.78 is 21.5.